The number of nitrogens with zero attached hydrogens (tertiary/aromatic N) is 1. The van der Waals surface area contributed by atoms with E-state index in [0.29, 0.717) is 15.4 Å². The number of carbonyl (C=O) groups excluding carboxylic acids is 1. The quantitative estimate of drug-likeness (QED) is 0.483. The molecule has 0 saturated heterocycles. The van der Waals surface area contributed by atoms with Crippen molar-refractivity contribution in [1.29, 1.82) is 0 Å². The maximum Gasteiger partial charge on any atom is 0.413 e. The Morgan fingerprint density at radius 3 is 2.34 bits per heavy atom. The Kier molecular flexibility index (Phi) is 6.11. The van der Waals surface area contributed by atoms with Crippen LogP contribution in [0.3, 0.4) is 0 Å². The molecular weight excluding hydrogens is 521 g/mol. The van der Waals surface area contributed by atoms with E-state index in [2.05, 4.69) is 15.9 Å². The summed E-state index contributed by atoms with van der Waals surface area (Å²) in [7, 11) is -8.91. The van der Waals surface area contributed by atoms with E-state index in [-0.39, 0.29) is 30.9 Å². The van der Waals surface area contributed by atoms with Gasteiger partial charge in [-0.25, -0.2) is 0 Å². The zero-order valence-electron chi connectivity index (χ0n) is 17.4. The second kappa shape index (κ2) is 8.43. The van der Waals surface area contributed by atoms with Gasteiger partial charge in [-0.05, 0) is 43.2 Å². The molecule has 2 aromatic carbocycles. The molecule has 1 atom stereocenters. The normalized spacial score (nSPS) is 21.9. The zero-order chi connectivity index (χ0) is 23.1. The standard InChI is InChI=1S/C21H21BrNO7PS/c1-3-28-31(25,29-4-2)21-14-16(15-9-11-17(22)12-10-15)13-20(24)23(21)32(26,27)30-19-8-6-5-7-18(19)21/h5-13H,3-4,14H2,1-2H3/t21-/m1/s1. The Hall–Kier alpha value is -1.97. The molecule has 2 aliphatic heterocycles. The van der Waals surface area contributed by atoms with Crippen LogP contribution in [0.15, 0.2) is 59.1 Å². The summed E-state index contributed by atoms with van der Waals surface area (Å²) in [5.74, 6) is -0.906. The molecule has 170 valence electrons. The topological polar surface area (TPSA) is 99.2 Å². The maximum atomic E-state index is 14.4. The Bertz CT molecular complexity index is 1240. The number of para-hydroxylation sites is 1. The van der Waals surface area contributed by atoms with Gasteiger partial charge >= 0.3 is 17.9 Å². The van der Waals surface area contributed by atoms with Crippen molar-refractivity contribution in [1.82, 2.24) is 4.31 Å². The van der Waals surface area contributed by atoms with Gasteiger partial charge in [-0.1, -0.05) is 46.3 Å². The summed E-state index contributed by atoms with van der Waals surface area (Å²) >= 11 is 3.38. The number of hydrogen-bond donors (Lipinski definition) is 0. The molecule has 0 unspecified atom stereocenters. The van der Waals surface area contributed by atoms with Crippen LogP contribution in [0.2, 0.25) is 0 Å². The van der Waals surface area contributed by atoms with Crippen molar-refractivity contribution < 1.29 is 31.0 Å². The van der Waals surface area contributed by atoms with Crippen LogP contribution in [0.4, 0.5) is 0 Å². The Labute approximate surface area is 195 Å². The minimum Gasteiger partial charge on any atom is -0.366 e. The molecule has 32 heavy (non-hydrogen) atoms. The number of hydrogen-bond acceptors (Lipinski definition) is 7. The van der Waals surface area contributed by atoms with Gasteiger partial charge in [-0.15, -0.1) is 0 Å². The third-order valence-corrected chi connectivity index (χ3v) is 9.97. The number of carbonyl (C=O) groups is 1. The van der Waals surface area contributed by atoms with Gasteiger partial charge in [0, 0.05) is 22.5 Å². The fourth-order valence-corrected chi connectivity index (χ4v) is 8.56. The average Bonchev–Trinajstić information content (AvgIpc) is 2.73. The predicted octanol–water partition coefficient (Wildman–Crippen LogP) is 4.82. The van der Waals surface area contributed by atoms with Gasteiger partial charge in [0.25, 0.3) is 5.91 Å². The largest absolute Gasteiger partial charge is 0.413 e. The van der Waals surface area contributed by atoms with E-state index < -0.39 is 29.1 Å². The van der Waals surface area contributed by atoms with Crippen molar-refractivity contribution in [3.05, 3.63) is 70.2 Å². The Morgan fingerprint density at radius 2 is 1.72 bits per heavy atom. The molecule has 4 rings (SSSR count). The summed E-state index contributed by atoms with van der Waals surface area (Å²) < 4.78 is 58.5. The van der Waals surface area contributed by atoms with E-state index in [1.54, 1.807) is 56.3 Å². The van der Waals surface area contributed by atoms with Crippen molar-refractivity contribution in [3.63, 3.8) is 0 Å². The second-order valence-corrected chi connectivity index (χ2v) is 11.7. The van der Waals surface area contributed by atoms with E-state index in [1.807, 2.05) is 0 Å². The molecule has 2 aliphatic rings. The number of amides is 1. The third-order valence-electron chi connectivity index (χ3n) is 5.27. The van der Waals surface area contributed by atoms with Gasteiger partial charge in [0.05, 0.1) is 13.2 Å². The summed E-state index contributed by atoms with van der Waals surface area (Å²) in [5, 5.41) is -1.96. The molecule has 0 N–H and O–H groups in total. The molecule has 0 fully saturated rings. The van der Waals surface area contributed by atoms with E-state index in [4.69, 9.17) is 13.2 Å². The van der Waals surface area contributed by atoms with Gasteiger partial charge in [-0.3, -0.25) is 9.36 Å². The predicted molar refractivity (Wildman–Crippen MR) is 122 cm³/mol. The highest BCUT2D eigenvalue weighted by Crippen LogP contribution is 2.72. The highest BCUT2D eigenvalue weighted by Gasteiger charge is 2.67. The molecule has 2 heterocycles. The van der Waals surface area contributed by atoms with Gasteiger partial charge in [0.1, 0.15) is 0 Å². The average molecular weight is 542 g/mol. The highest BCUT2D eigenvalue weighted by molar-refractivity contribution is 9.10. The lowest BCUT2D eigenvalue weighted by Gasteiger charge is -2.49. The summed E-state index contributed by atoms with van der Waals surface area (Å²) in [5.41, 5.74) is 1.43. The number of rotatable bonds is 6. The lowest BCUT2D eigenvalue weighted by Crippen LogP contribution is -2.58. The van der Waals surface area contributed by atoms with Gasteiger partial charge in [0.2, 0.25) is 0 Å². The summed E-state index contributed by atoms with van der Waals surface area (Å²) in [6, 6.07) is 13.5. The number of fused-ring (bicyclic) bond motifs is 3. The van der Waals surface area contributed by atoms with Crippen molar-refractivity contribution >= 4 is 45.3 Å². The van der Waals surface area contributed by atoms with E-state index in [9.17, 15) is 17.8 Å². The molecular formula is C21H21BrNO7PS. The van der Waals surface area contributed by atoms with Crippen LogP contribution in [-0.4, -0.2) is 31.8 Å². The summed E-state index contributed by atoms with van der Waals surface area (Å²) in [6.07, 6.45) is 1.11. The smallest absolute Gasteiger partial charge is 0.366 e. The fraction of sp³-hybridized carbons (Fsp3) is 0.286. The van der Waals surface area contributed by atoms with Crippen LogP contribution in [0.5, 0.6) is 5.75 Å². The van der Waals surface area contributed by atoms with E-state index in [1.165, 1.54) is 12.1 Å². The highest BCUT2D eigenvalue weighted by atomic mass is 79.9. The zero-order valence-corrected chi connectivity index (χ0v) is 20.7. The van der Waals surface area contributed by atoms with Gasteiger partial charge in [0.15, 0.2) is 11.0 Å². The maximum absolute atomic E-state index is 14.4. The lowest BCUT2D eigenvalue weighted by molar-refractivity contribution is -0.125. The monoisotopic (exact) mass is 541 g/mol. The molecule has 8 nitrogen and oxygen atoms in total. The molecule has 0 aliphatic carbocycles. The molecule has 0 bridgehead atoms. The van der Waals surface area contributed by atoms with Crippen molar-refractivity contribution in [3.8, 4) is 5.75 Å². The first-order valence-corrected chi connectivity index (χ1v) is 13.6. The number of halogens is 1. The van der Waals surface area contributed by atoms with Crippen molar-refractivity contribution in [2.45, 2.75) is 25.5 Å². The molecule has 0 radical (unpaired) electrons. The SMILES string of the molecule is CCOP(=O)(OCC)[C@@]12CC(c3ccc(Br)cc3)=CC(=O)N1S(=O)(=O)Oc1ccccc12. The first kappa shape index (κ1) is 23.2. The molecule has 1 amide bonds. The molecule has 0 aromatic heterocycles. The molecule has 2 aromatic rings. The van der Waals surface area contributed by atoms with Crippen LogP contribution >= 0.6 is 23.5 Å². The third kappa shape index (κ3) is 3.54. The lowest BCUT2D eigenvalue weighted by atomic mass is 9.90. The van der Waals surface area contributed by atoms with Gasteiger partial charge < -0.3 is 13.2 Å². The fourth-order valence-electron chi connectivity index (χ4n) is 4.09. The Morgan fingerprint density at radius 1 is 1.09 bits per heavy atom. The molecule has 0 saturated carbocycles. The van der Waals surface area contributed by atoms with Crippen LogP contribution in [0.25, 0.3) is 5.57 Å². The van der Waals surface area contributed by atoms with E-state index in [0.717, 1.165) is 4.47 Å². The molecule has 0 spiro atoms. The van der Waals surface area contributed by atoms with Crippen LogP contribution in [-0.2, 0) is 34.0 Å². The molecule has 11 heteroatoms. The van der Waals surface area contributed by atoms with E-state index >= 15 is 0 Å². The Balaban J connectivity index is 2.06. The minimum absolute atomic E-state index is 0.0124. The van der Waals surface area contributed by atoms with Crippen LogP contribution < -0.4 is 4.18 Å². The van der Waals surface area contributed by atoms with Crippen molar-refractivity contribution in [2.24, 2.45) is 0 Å². The summed E-state index contributed by atoms with van der Waals surface area (Å²) in [6.45, 7) is 3.23. The van der Waals surface area contributed by atoms with Gasteiger partial charge in [-0.2, -0.15) is 12.7 Å². The van der Waals surface area contributed by atoms with Crippen molar-refractivity contribution in [2.75, 3.05) is 13.2 Å². The first-order valence-electron chi connectivity index (χ1n) is 9.92. The number of benzene rings is 2. The first-order chi connectivity index (χ1) is 15.2. The summed E-state index contributed by atoms with van der Waals surface area (Å²) in [4.78, 5) is 13.3. The van der Waals surface area contributed by atoms with Crippen LogP contribution in [0.1, 0.15) is 31.4 Å². The minimum atomic E-state index is -4.64. The van der Waals surface area contributed by atoms with Crippen LogP contribution in [0, 0.1) is 0 Å². The second-order valence-electron chi connectivity index (χ2n) is 7.14.